The molecular weight excluding hydrogens is 200 g/mol. The summed E-state index contributed by atoms with van der Waals surface area (Å²) in [7, 11) is 0. The monoisotopic (exact) mass is 222 g/mol. The van der Waals surface area contributed by atoms with Gasteiger partial charge in [-0.15, -0.1) is 11.8 Å². The predicted octanol–water partition coefficient (Wildman–Crippen LogP) is 3.82. The first-order valence-corrected chi connectivity index (χ1v) is 6.44. The summed E-state index contributed by atoms with van der Waals surface area (Å²) >= 11 is 1.79. The molecule has 0 aliphatic rings. The fourth-order valence-electron chi connectivity index (χ4n) is 0.756. The third kappa shape index (κ3) is 13.5. The van der Waals surface area contributed by atoms with Crippen LogP contribution in [0.15, 0.2) is 0 Å². The molecule has 0 N–H and O–H groups in total. The molecule has 15 heavy (non-hydrogen) atoms. The Bertz CT molecular complexity index is 259. The highest BCUT2D eigenvalue weighted by Crippen LogP contribution is 2.11. The average molecular weight is 222 g/mol. The molecule has 0 saturated heterocycles. The molecule has 0 radical (unpaired) electrons. The summed E-state index contributed by atoms with van der Waals surface area (Å²) in [5, 5.41) is 0. The van der Waals surface area contributed by atoms with E-state index in [1.54, 1.807) is 11.8 Å². The van der Waals surface area contributed by atoms with E-state index in [4.69, 9.17) is 0 Å². The van der Waals surface area contributed by atoms with Gasteiger partial charge in [-0.2, -0.15) is 0 Å². The van der Waals surface area contributed by atoms with Gasteiger partial charge in [-0.25, -0.2) is 0 Å². The molecular formula is C14H22S. The Kier molecular flexibility index (Phi) is 5.92. The molecule has 0 atom stereocenters. The van der Waals surface area contributed by atoms with Gasteiger partial charge in [0.05, 0.1) is 11.5 Å². The summed E-state index contributed by atoms with van der Waals surface area (Å²) < 4.78 is 0. The van der Waals surface area contributed by atoms with E-state index >= 15 is 0 Å². The van der Waals surface area contributed by atoms with Crippen molar-refractivity contribution in [3.63, 3.8) is 0 Å². The summed E-state index contributed by atoms with van der Waals surface area (Å²) in [5.74, 6) is 14.5. The Morgan fingerprint density at radius 2 is 1.07 bits per heavy atom. The van der Waals surface area contributed by atoms with Crippen molar-refractivity contribution in [3.05, 3.63) is 0 Å². The molecule has 1 heteroatoms. The third-order valence-electron chi connectivity index (χ3n) is 1.28. The standard InChI is InChI=1S/C14H22S/c1-13(2,3)9-7-11-15-12-8-10-14(4,5)6/h11-12H2,1-6H3. The van der Waals surface area contributed by atoms with Crippen LogP contribution in [0.1, 0.15) is 41.5 Å². The molecule has 0 saturated carbocycles. The predicted molar refractivity (Wildman–Crippen MR) is 71.8 cm³/mol. The molecule has 0 nitrogen and oxygen atoms in total. The van der Waals surface area contributed by atoms with Crippen molar-refractivity contribution >= 4 is 11.8 Å². The zero-order valence-corrected chi connectivity index (χ0v) is 11.6. The van der Waals surface area contributed by atoms with Gasteiger partial charge in [-0.3, -0.25) is 0 Å². The SMILES string of the molecule is CC(C)(C)C#CCSCC#CC(C)(C)C. The molecule has 0 aliphatic heterocycles. The summed E-state index contributed by atoms with van der Waals surface area (Å²) in [6, 6.07) is 0. The second-order valence-electron chi connectivity index (χ2n) is 5.60. The van der Waals surface area contributed by atoms with E-state index in [0.29, 0.717) is 0 Å². The maximum atomic E-state index is 3.21. The molecule has 0 aromatic carbocycles. The van der Waals surface area contributed by atoms with Crippen molar-refractivity contribution in [2.24, 2.45) is 10.8 Å². The van der Waals surface area contributed by atoms with Crippen molar-refractivity contribution in [2.45, 2.75) is 41.5 Å². The van der Waals surface area contributed by atoms with Crippen molar-refractivity contribution < 1.29 is 0 Å². The van der Waals surface area contributed by atoms with Gasteiger partial charge in [0, 0.05) is 10.8 Å². The largest absolute Gasteiger partial charge is 0.136 e. The van der Waals surface area contributed by atoms with Gasteiger partial charge >= 0.3 is 0 Å². The van der Waals surface area contributed by atoms with Crippen LogP contribution >= 0.6 is 11.8 Å². The first-order valence-electron chi connectivity index (χ1n) is 5.28. The minimum Gasteiger partial charge on any atom is -0.136 e. The van der Waals surface area contributed by atoms with Crippen molar-refractivity contribution in [1.82, 2.24) is 0 Å². The fourth-order valence-corrected chi connectivity index (χ4v) is 1.21. The first kappa shape index (κ1) is 14.5. The van der Waals surface area contributed by atoms with Crippen LogP contribution in [0.4, 0.5) is 0 Å². The molecule has 0 aromatic heterocycles. The highest BCUT2D eigenvalue weighted by molar-refractivity contribution is 7.99. The Morgan fingerprint density at radius 1 is 0.733 bits per heavy atom. The van der Waals surface area contributed by atoms with Crippen LogP contribution in [0.2, 0.25) is 0 Å². The first-order chi connectivity index (χ1) is 6.71. The van der Waals surface area contributed by atoms with Crippen LogP contribution in [-0.4, -0.2) is 11.5 Å². The van der Waals surface area contributed by atoms with Gasteiger partial charge in [0.1, 0.15) is 0 Å². The quantitative estimate of drug-likeness (QED) is 0.505. The minimum absolute atomic E-state index is 0.123. The summed E-state index contributed by atoms with van der Waals surface area (Å²) in [6.45, 7) is 12.8. The fraction of sp³-hybridized carbons (Fsp3) is 0.714. The summed E-state index contributed by atoms with van der Waals surface area (Å²) in [6.07, 6.45) is 0. The molecule has 84 valence electrons. The normalized spacial score (nSPS) is 11.1. The van der Waals surface area contributed by atoms with Crippen LogP contribution in [0.3, 0.4) is 0 Å². The molecule has 0 fully saturated rings. The molecule has 0 rings (SSSR count). The van der Waals surface area contributed by atoms with E-state index in [-0.39, 0.29) is 10.8 Å². The maximum absolute atomic E-state index is 3.21. The third-order valence-corrected chi connectivity index (χ3v) is 1.97. The lowest BCUT2D eigenvalue weighted by Gasteiger charge is -2.07. The lowest BCUT2D eigenvalue weighted by molar-refractivity contribution is 0.570. The van der Waals surface area contributed by atoms with Crippen LogP contribution in [0, 0.1) is 34.5 Å². The molecule has 0 bridgehead atoms. The number of hydrogen-bond acceptors (Lipinski definition) is 1. The van der Waals surface area contributed by atoms with E-state index in [2.05, 4.69) is 65.2 Å². The van der Waals surface area contributed by atoms with Gasteiger partial charge in [-0.1, -0.05) is 23.7 Å². The van der Waals surface area contributed by atoms with Gasteiger partial charge in [0.15, 0.2) is 0 Å². The van der Waals surface area contributed by atoms with Crippen LogP contribution in [-0.2, 0) is 0 Å². The smallest absolute Gasteiger partial charge is 0.0557 e. The Morgan fingerprint density at radius 3 is 1.33 bits per heavy atom. The highest BCUT2D eigenvalue weighted by atomic mass is 32.2. The van der Waals surface area contributed by atoms with Gasteiger partial charge in [0.2, 0.25) is 0 Å². The van der Waals surface area contributed by atoms with E-state index in [0.717, 1.165) is 11.5 Å². The highest BCUT2D eigenvalue weighted by Gasteiger charge is 2.03. The van der Waals surface area contributed by atoms with E-state index in [1.807, 2.05) is 0 Å². The molecule has 0 unspecified atom stereocenters. The topological polar surface area (TPSA) is 0 Å². The van der Waals surface area contributed by atoms with E-state index in [9.17, 15) is 0 Å². The summed E-state index contributed by atoms with van der Waals surface area (Å²) in [4.78, 5) is 0. The van der Waals surface area contributed by atoms with E-state index in [1.165, 1.54) is 0 Å². The minimum atomic E-state index is 0.123. The van der Waals surface area contributed by atoms with Crippen molar-refractivity contribution in [3.8, 4) is 23.7 Å². The molecule has 0 amide bonds. The summed E-state index contributed by atoms with van der Waals surface area (Å²) in [5.41, 5.74) is 0.245. The van der Waals surface area contributed by atoms with Crippen LogP contribution in [0.5, 0.6) is 0 Å². The van der Waals surface area contributed by atoms with Gasteiger partial charge < -0.3 is 0 Å². The molecule has 0 heterocycles. The molecule has 0 aromatic rings. The number of rotatable bonds is 2. The lowest BCUT2D eigenvalue weighted by Crippen LogP contribution is -2.00. The van der Waals surface area contributed by atoms with Gasteiger partial charge in [0.25, 0.3) is 0 Å². The van der Waals surface area contributed by atoms with Crippen molar-refractivity contribution in [2.75, 3.05) is 11.5 Å². The Hall–Kier alpha value is -0.530. The average Bonchev–Trinajstić information content (AvgIpc) is 1.98. The zero-order valence-electron chi connectivity index (χ0n) is 10.8. The second-order valence-corrected chi connectivity index (χ2v) is 6.58. The van der Waals surface area contributed by atoms with Gasteiger partial charge in [-0.05, 0) is 41.5 Å². The second kappa shape index (κ2) is 6.14. The van der Waals surface area contributed by atoms with E-state index < -0.39 is 0 Å². The lowest BCUT2D eigenvalue weighted by atomic mass is 9.98. The van der Waals surface area contributed by atoms with Crippen LogP contribution < -0.4 is 0 Å². The van der Waals surface area contributed by atoms with Crippen molar-refractivity contribution in [1.29, 1.82) is 0 Å². The zero-order chi connectivity index (χ0) is 11.9. The maximum Gasteiger partial charge on any atom is 0.0557 e. The number of thioether (sulfide) groups is 1. The Balaban J connectivity index is 3.72. The molecule has 0 aliphatic carbocycles. The molecule has 0 spiro atoms. The van der Waals surface area contributed by atoms with Crippen LogP contribution in [0.25, 0.3) is 0 Å². The Labute approximate surface area is 99.6 Å². The number of hydrogen-bond donors (Lipinski definition) is 0.